The van der Waals surface area contributed by atoms with Crippen LogP contribution in [0, 0.1) is 38.5 Å². The van der Waals surface area contributed by atoms with Gasteiger partial charge < -0.3 is 14.6 Å². The second kappa shape index (κ2) is 15.2. The van der Waals surface area contributed by atoms with Gasteiger partial charge in [0.05, 0.1) is 0 Å². The smallest absolute Gasteiger partial charge is 0.153 e. The van der Waals surface area contributed by atoms with E-state index in [-0.39, 0.29) is 5.60 Å². The third-order valence-electron chi connectivity index (χ3n) is 7.87. The van der Waals surface area contributed by atoms with Gasteiger partial charge in [-0.1, -0.05) is 79.2 Å². The lowest BCUT2D eigenvalue weighted by molar-refractivity contribution is 0.0512. The van der Waals surface area contributed by atoms with Gasteiger partial charge >= 0.3 is 0 Å². The summed E-state index contributed by atoms with van der Waals surface area (Å²) in [5, 5.41) is 10.4. The van der Waals surface area contributed by atoms with Crippen LogP contribution in [0.15, 0.2) is 0 Å². The highest BCUT2D eigenvalue weighted by atomic mass is 28.2. The molecule has 3 nitrogen and oxygen atoms in total. The van der Waals surface area contributed by atoms with E-state index in [1.165, 1.54) is 56.9 Å². The molecule has 0 amide bonds. The maximum absolute atomic E-state index is 10.4. The van der Waals surface area contributed by atoms with Crippen LogP contribution in [0.3, 0.4) is 0 Å². The average molecular weight is 493 g/mol. The van der Waals surface area contributed by atoms with Gasteiger partial charge in [0.2, 0.25) is 0 Å². The molecule has 2 unspecified atom stereocenters. The fourth-order valence-electron chi connectivity index (χ4n) is 5.27. The first-order valence-corrected chi connectivity index (χ1v) is 16.1. The molecule has 0 saturated heterocycles. The Morgan fingerprint density at radius 1 is 0.853 bits per heavy atom. The number of benzene rings is 1. The Morgan fingerprint density at radius 3 is 1.88 bits per heavy atom. The Balaban J connectivity index is 0.00000182. The van der Waals surface area contributed by atoms with Gasteiger partial charge in [0.1, 0.15) is 17.1 Å². The van der Waals surface area contributed by atoms with Crippen LogP contribution in [0.25, 0.3) is 0 Å². The van der Waals surface area contributed by atoms with E-state index in [0.29, 0.717) is 5.75 Å². The van der Waals surface area contributed by atoms with Crippen molar-refractivity contribution in [2.24, 2.45) is 17.8 Å². The number of aromatic hydroxyl groups is 1. The topological polar surface area (TPSA) is 49.7 Å². The highest BCUT2D eigenvalue weighted by Crippen LogP contribution is 2.44. The van der Waals surface area contributed by atoms with Crippen LogP contribution in [0.4, 0.5) is 0 Å². The van der Waals surface area contributed by atoms with Crippen molar-refractivity contribution in [3.8, 4) is 11.5 Å². The van der Waals surface area contributed by atoms with Crippen molar-refractivity contribution >= 4 is 9.76 Å². The first kappa shape index (κ1) is 31.0. The molecule has 0 saturated carbocycles. The summed E-state index contributed by atoms with van der Waals surface area (Å²) in [6, 6.07) is 0. The average Bonchev–Trinajstić information content (AvgIpc) is 2.76. The van der Waals surface area contributed by atoms with Gasteiger partial charge in [0.15, 0.2) is 9.76 Å². The van der Waals surface area contributed by atoms with E-state index in [1.54, 1.807) is 0 Å². The molecular weight excluding hydrogens is 436 g/mol. The first-order chi connectivity index (χ1) is 16.0. The summed E-state index contributed by atoms with van der Waals surface area (Å²) >= 11 is 0. The zero-order chi connectivity index (χ0) is 25.9. The SMILES string of the molecule is C[SiH2]O.Cc1c(C)c2c(c(C)c1O)CC[C@@](C)(CCCC(C)CCCC(C)CCCC(C)C)O2. The van der Waals surface area contributed by atoms with Crippen molar-refractivity contribution in [1.82, 2.24) is 0 Å². The molecular formula is C30H56O3Si. The zero-order valence-electron chi connectivity index (χ0n) is 24.0. The van der Waals surface area contributed by atoms with Crippen molar-refractivity contribution in [3.63, 3.8) is 0 Å². The normalized spacial score (nSPS) is 19.5. The molecule has 3 atom stereocenters. The van der Waals surface area contributed by atoms with Gasteiger partial charge in [-0.2, -0.15) is 0 Å². The molecule has 2 N–H and O–H groups in total. The number of hydrogen-bond donors (Lipinski definition) is 2. The molecule has 1 aromatic rings. The number of fused-ring (bicyclic) bond motifs is 1. The molecule has 1 aromatic carbocycles. The molecule has 0 radical (unpaired) electrons. The van der Waals surface area contributed by atoms with Gasteiger partial charge in [0.25, 0.3) is 0 Å². The molecule has 198 valence electrons. The molecule has 2 rings (SSSR count). The van der Waals surface area contributed by atoms with Gasteiger partial charge in [-0.15, -0.1) is 0 Å². The van der Waals surface area contributed by atoms with Gasteiger partial charge in [0, 0.05) is 5.56 Å². The van der Waals surface area contributed by atoms with E-state index < -0.39 is 9.76 Å². The Hall–Kier alpha value is -1.00. The zero-order valence-corrected chi connectivity index (χ0v) is 25.4. The molecule has 4 heteroatoms. The number of ether oxygens (including phenoxy) is 1. The summed E-state index contributed by atoms with van der Waals surface area (Å²) in [4.78, 5) is 7.71. The summed E-state index contributed by atoms with van der Waals surface area (Å²) < 4.78 is 6.60. The second-order valence-electron chi connectivity index (χ2n) is 11.8. The minimum atomic E-state index is -0.583. The Morgan fingerprint density at radius 2 is 1.35 bits per heavy atom. The van der Waals surface area contributed by atoms with Crippen LogP contribution in [0.1, 0.15) is 121 Å². The van der Waals surface area contributed by atoms with E-state index in [0.717, 1.165) is 59.5 Å². The maximum Gasteiger partial charge on any atom is 0.153 e. The van der Waals surface area contributed by atoms with E-state index in [2.05, 4.69) is 41.5 Å². The Bertz CT molecular complexity index is 730. The molecule has 34 heavy (non-hydrogen) atoms. The number of rotatable bonds is 12. The molecule has 1 aliphatic heterocycles. The monoisotopic (exact) mass is 492 g/mol. The minimum Gasteiger partial charge on any atom is -0.507 e. The summed E-state index contributed by atoms with van der Waals surface area (Å²) in [6.45, 7) is 19.8. The molecule has 0 aromatic heterocycles. The summed E-state index contributed by atoms with van der Waals surface area (Å²) in [7, 11) is -0.583. The maximum atomic E-state index is 10.4. The van der Waals surface area contributed by atoms with Crippen molar-refractivity contribution in [1.29, 1.82) is 0 Å². The molecule has 0 aliphatic carbocycles. The quantitative estimate of drug-likeness (QED) is 0.291. The summed E-state index contributed by atoms with van der Waals surface area (Å²) in [6.07, 6.45) is 14.1. The van der Waals surface area contributed by atoms with Gasteiger partial charge in [-0.3, -0.25) is 0 Å². The van der Waals surface area contributed by atoms with Gasteiger partial charge in [-0.05, 0) is 87.8 Å². The fourth-order valence-corrected chi connectivity index (χ4v) is 5.27. The molecule has 0 fully saturated rings. The summed E-state index contributed by atoms with van der Waals surface area (Å²) in [5.41, 5.74) is 4.23. The second-order valence-corrected chi connectivity index (χ2v) is 12.4. The lowest BCUT2D eigenvalue weighted by Gasteiger charge is -2.38. The van der Waals surface area contributed by atoms with Crippen LogP contribution in [0.2, 0.25) is 6.55 Å². The largest absolute Gasteiger partial charge is 0.507 e. The van der Waals surface area contributed by atoms with Crippen molar-refractivity contribution < 1.29 is 14.6 Å². The van der Waals surface area contributed by atoms with Crippen LogP contribution in [-0.4, -0.2) is 25.3 Å². The van der Waals surface area contributed by atoms with Crippen LogP contribution in [-0.2, 0) is 6.42 Å². The van der Waals surface area contributed by atoms with E-state index >= 15 is 0 Å². The molecule has 0 bridgehead atoms. The number of phenolic OH excluding ortho intramolecular Hbond substituents is 1. The van der Waals surface area contributed by atoms with Crippen LogP contribution >= 0.6 is 0 Å². The Labute approximate surface area is 214 Å². The van der Waals surface area contributed by atoms with E-state index in [4.69, 9.17) is 9.53 Å². The molecule has 1 aliphatic rings. The molecule has 1 heterocycles. The predicted molar refractivity (Wildman–Crippen MR) is 151 cm³/mol. The fraction of sp³-hybridized carbons (Fsp3) is 0.800. The van der Waals surface area contributed by atoms with Crippen LogP contribution < -0.4 is 4.74 Å². The highest BCUT2D eigenvalue weighted by molar-refractivity contribution is 6.22. The van der Waals surface area contributed by atoms with Gasteiger partial charge in [-0.25, -0.2) is 0 Å². The first-order valence-electron chi connectivity index (χ1n) is 14.1. The van der Waals surface area contributed by atoms with E-state index in [1.807, 2.05) is 20.4 Å². The standard InChI is InChI=1S/C29H50O2.CH6OSi/c1-20(2)12-9-13-21(3)14-10-15-22(4)16-11-18-29(8)19-17-26-25(7)27(30)23(5)24(6)28(26)31-29;1-3-2/h20-22,30H,9-19H2,1-8H3;2H,3H2,1H3/t21?,22?,29-;/m1./s1. The van der Waals surface area contributed by atoms with Crippen LogP contribution in [0.5, 0.6) is 11.5 Å². The summed E-state index contributed by atoms with van der Waals surface area (Å²) in [5.74, 6) is 4.04. The van der Waals surface area contributed by atoms with E-state index in [9.17, 15) is 5.11 Å². The predicted octanol–water partition coefficient (Wildman–Crippen LogP) is 7.95. The Kier molecular flexibility index (Phi) is 13.9. The molecule has 0 spiro atoms. The highest BCUT2D eigenvalue weighted by Gasteiger charge is 2.34. The van der Waals surface area contributed by atoms with Crippen molar-refractivity contribution in [3.05, 3.63) is 22.3 Å². The number of hydrogen-bond acceptors (Lipinski definition) is 3. The lowest BCUT2D eigenvalue weighted by atomic mass is 9.84. The minimum absolute atomic E-state index is 0.0712. The van der Waals surface area contributed by atoms with Crippen molar-refractivity contribution in [2.75, 3.05) is 0 Å². The third kappa shape index (κ3) is 9.93. The third-order valence-corrected chi connectivity index (χ3v) is 7.87. The van der Waals surface area contributed by atoms with Crippen molar-refractivity contribution in [2.45, 2.75) is 138 Å². The number of phenols is 1. The lowest BCUT2D eigenvalue weighted by Crippen LogP contribution is -2.37.